The zero-order chi connectivity index (χ0) is 12.8. The van der Waals surface area contributed by atoms with Crippen molar-refractivity contribution in [2.24, 2.45) is 10.7 Å². The van der Waals surface area contributed by atoms with Gasteiger partial charge in [-0.15, -0.1) is 0 Å². The maximum atomic E-state index is 5.86. The molecule has 18 heavy (non-hydrogen) atoms. The number of nitrogens with zero attached hydrogens (tertiary/aromatic N) is 2. The van der Waals surface area contributed by atoms with E-state index in [9.17, 15) is 0 Å². The third-order valence-electron chi connectivity index (χ3n) is 2.55. The highest BCUT2D eigenvalue weighted by molar-refractivity contribution is 5.92. The van der Waals surface area contributed by atoms with Crippen LogP contribution in [0.25, 0.3) is 0 Å². The molecule has 0 amide bonds. The molecule has 0 radical (unpaired) electrons. The van der Waals surface area contributed by atoms with Crippen molar-refractivity contribution in [3.8, 4) is 0 Å². The van der Waals surface area contributed by atoms with E-state index in [1.54, 1.807) is 12.4 Å². The smallest absolute Gasteiger partial charge is 0.193 e. The van der Waals surface area contributed by atoms with Crippen LogP contribution < -0.4 is 11.1 Å². The molecule has 0 bridgehead atoms. The zero-order valence-electron chi connectivity index (χ0n) is 10.2. The Morgan fingerprint density at radius 1 is 1.22 bits per heavy atom. The van der Waals surface area contributed by atoms with Gasteiger partial charge in [0.05, 0.1) is 6.04 Å². The molecule has 4 nitrogen and oxygen atoms in total. The first-order valence-electron chi connectivity index (χ1n) is 5.81. The molecule has 1 heterocycles. The van der Waals surface area contributed by atoms with Crippen molar-refractivity contribution in [2.75, 3.05) is 5.32 Å². The van der Waals surface area contributed by atoms with Gasteiger partial charge in [0.15, 0.2) is 5.96 Å². The van der Waals surface area contributed by atoms with Gasteiger partial charge in [0.2, 0.25) is 0 Å². The van der Waals surface area contributed by atoms with E-state index in [4.69, 9.17) is 5.73 Å². The Labute approximate surface area is 107 Å². The maximum Gasteiger partial charge on any atom is 0.193 e. The van der Waals surface area contributed by atoms with Crippen LogP contribution in [0.5, 0.6) is 0 Å². The van der Waals surface area contributed by atoms with Gasteiger partial charge in [0.1, 0.15) is 0 Å². The molecule has 2 aromatic rings. The Bertz CT molecular complexity index is 508. The van der Waals surface area contributed by atoms with Gasteiger partial charge in [-0.1, -0.05) is 24.3 Å². The fraction of sp³-hybridized carbons (Fsp3) is 0.143. The highest BCUT2D eigenvalue weighted by Gasteiger charge is 2.03. The van der Waals surface area contributed by atoms with Crippen molar-refractivity contribution in [3.05, 3.63) is 60.4 Å². The van der Waals surface area contributed by atoms with Gasteiger partial charge in [-0.05, 0) is 30.7 Å². The average Bonchev–Trinajstić information content (AvgIpc) is 2.40. The van der Waals surface area contributed by atoms with E-state index < -0.39 is 0 Å². The van der Waals surface area contributed by atoms with Crippen molar-refractivity contribution in [3.63, 3.8) is 0 Å². The molecule has 0 saturated carbocycles. The van der Waals surface area contributed by atoms with E-state index in [1.165, 1.54) is 0 Å². The number of pyridine rings is 1. The summed E-state index contributed by atoms with van der Waals surface area (Å²) in [5.41, 5.74) is 7.83. The molecule has 0 fully saturated rings. The molecule has 1 aromatic heterocycles. The molecule has 0 spiro atoms. The first-order valence-corrected chi connectivity index (χ1v) is 5.81. The molecule has 1 unspecified atom stereocenters. The lowest BCUT2D eigenvalue weighted by atomic mass is 10.1. The Hall–Kier alpha value is -2.36. The number of nitrogens with two attached hydrogens (primary N) is 1. The summed E-state index contributed by atoms with van der Waals surface area (Å²) in [7, 11) is 0. The summed E-state index contributed by atoms with van der Waals surface area (Å²) in [5, 5.41) is 3.05. The average molecular weight is 240 g/mol. The van der Waals surface area contributed by atoms with Crippen LogP contribution in [0.4, 0.5) is 5.69 Å². The van der Waals surface area contributed by atoms with Crippen LogP contribution in [0.3, 0.4) is 0 Å². The number of para-hydroxylation sites is 1. The Balaban J connectivity index is 2.05. The molecule has 4 heteroatoms. The molecular weight excluding hydrogens is 224 g/mol. The van der Waals surface area contributed by atoms with Gasteiger partial charge < -0.3 is 11.1 Å². The van der Waals surface area contributed by atoms with Gasteiger partial charge in [-0.3, -0.25) is 4.98 Å². The molecule has 92 valence electrons. The molecular formula is C14H16N4. The monoisotopic (exact) mass is 240 g/mol. The van der Waals surface area contributed by atoms with Crippen LogP contribution in [0, 0.1) is 0 Å². The molecule has 0 saturated heterocycles. The third kappa shape index (κ3) is 3.31. The van der Waals surface area contributed by atoms with Gasteiger partial charge >= 0.3 is 0 Å². The number of anilines is 1. The SMILES string of the molecule is CC(N=C(N)Nc1ccccc1)c1cccnc1. The standard InChI is InChI=1S/C14H16N4/c1-11(12-6-5-9-16-10-12)17-14(15)18-13-7-3-2-4-8-13/h2-11H,1H3,(H3,15,17,18). The Kier molecular flexibility index (Phi) is 3.91. The second kappa shape index (κ2) is 5.82. The zero-order valence-corrected chi connectivity index (χ0v) is 10.2. The highest BCUT2D eigenvalue weighted by Crippen LogP contribution is 2.14. The summed E-state index contributed by atoms with van der Waals surface area (Å²) >= 11 is 0. The van der Waals surface area contributed by atoms with Gasteiger partial charge in [-0.25, -0.2) is 4.99 Å². The normalized spacial score (nSPS) is 13.1. The largest absolute Gasteiger partial charge is 0.370 e. The van der Waals surface area contributed by atoms with Gasteiger partial charge in [0.25, 0.3) is 0 Å². The summed E-state index contributed by atoms with van der Waals surface area (Å²) in [5.74, 6) is 0.401. The highest BCUT2D eigenvalue weighted by atomic mass is 15.1. The second-order valence-electron chi connectivity index (χ2n) is 3.97. The lowest BCUT2D eigenvalue weighted by molar-refractivity contribution is 0.811. The first-order chi connectivity index (χ1) is 8.75. The number of aromatic nitrogens is 1. The minimum absolute atomic E-state index is 0.0186. The molecule has 0 aliphatic heterocycles. The number of nitrogens with one attached hydrogen (secondary N) is 1. The Morgan fingerprint density at radius 3 is 2.67 bits per heavy atom. The van der Waals surface area contributed by atoms with E-state index in [0.29, 0.717) is 5.96 Å². The summed E-state index contributed by atoms with van der Waals surface area (Å²) in [4.78, 5) is 8.45. The van der Waals surface area contributed by atoms with Gasteiger partial charge in [-0.2, -0.15) is 0 Å². The fourth-order valence-electron chi connectivity index (χ4n) is 1.61. The topological polar surface area (TPSA) is 63.3 Å². The number of aliphatic imine (C=N–C) groups is 1. The predicted octanol–water partition coefficient (Wildman–Crippen LogP) is 2.57. The molecule has 1 aromatic carbocycles. The van der Waals surface area contributed by atoms with E-state index in [1.807, 2.05) is 49.4 Å². The summed E-state index contributed by atoms with van der Waals surface area (Å²) in [6, 6.07) is 13.6. The number of hydrogen-bond acceptors (Lipinski definition) is 2. The molecule has 2 rings (SSSR count). The molecule has 0 aliphatic rings. The van der Waals surface area contributed by atoms with E-state index >= 15 is 0 Å². The third-order valence-corrected chi connectivity index (χ3v) is 2.55. The first kappa shape index (κ1) is 12.1. The molecule has 3 N–H and O–H groups in total. The molecule has 0 aliphatic carbocycles. The fourth-order valence-corrected chi connectivity index (χ4v) is 1.61. The van der Waals surface area contributed by atoms with Crippen molar-refractivity contribution in [1.82, 2.24) is 4.98 Å². The number of hydrogen-bond donors (Lipinski definition) is 2. The van der Waals surface area contributed by atoms with Crippen LogP contribution in [0.2, 0.25) is 0 Å². The predicted molar refractivity (Wildman–Crippen MR) is 74.3 cm³/mol. The lowest BCUT2D eigenvalue weighted by Crippen LogP contribution is -2.23. The van der Waals surface area contributed by atoms with Crippen LogP contribution in [0.1, 0.15) is 18.5 Å². The van der Waals surface area contributed by atoms with E-state index in [-0.39, 0.29) is 6.04 Å². The van der Waals surface area contributed by atoms with Crippen molar-refractivity contribution in [1.29, 1.82) is 0 Å². The van der Waals surface area contributed by atoms with Crippen LogP contribution in [-0.2, 0) is 0 Å². The minimum Gasteiger partial charge on any atom is -0.370 e. The summed E-state index contributed by atoms with van der Waals surface area (Å²) < 4.78 is 0. The number of guanidine groups is 1. The minimum atomic E-state index is -0.0186. The van der Waals surface area contributed by atoms with Crippen molar-refractivity contribution in [2.45, 2.75) is 13.0 Å². The van der Waals surface area contributed by atoms with E-state index in [2.05, 4.69) is 15.3 Å². The quantitative estimate of drug-likeness (QED) is 0.640. The van der Waals surface area contributed by atoms with Crippen molar-refractivity contribution >= 4 is 11.6 Å². The summed E-state index contributed by atoms with van der Waals surface area (Å²) in [6.07, 6.45) is 3.54. The maximum absolute atomic E-state index is 5.86. The summed E-state index contributed by atoms with van der Waals surface area (Å²) in [6.45, 7) is 1.98. The molecule has 1 atom stereocenters. The van der Waals surface area contributed by atoms with Gasteiger partial charge in [0, 0.05) is 18.1 Å². The lowest BCUT2D eigenvalue weighted by Gasteiger charge is -2.09. The van der Waals surface area contributed by atoms with Crippen LogP contribution in [0.15, 0.2) is 59.9 Å². The van der Waals surface area contributed by atoms with Crippen LogP contribution in [-0.4, -0.2) is 10.9 Å². The number of rotatable bonds is 3. The second-order valence-corrected chi connectivity index (χ2v) is 3.97. The number of benzene rings is 1. The Morgan fingerprint density at radius 2 is 2.00 bits per heavy atom. The van der Waals surface area contributed by atoms with E-state index in [0.717, 1.165) is 11.3 Å². The van der Waals surface area contributed by atoms with Crippen LogP contribution >= 0.6 is 0 Å². The van der Waals surface area contributed by atoms with Crippen molar-refractivity contribution < 1.29 is 0 Å².